The summed E-state index contributed by atoms with van der Waals surface area (Å²) >= 11 is 1.79. The van der Waals surface area contributed by atoms with Crippen molar-refractivity contribution in [3.05, 3.63) is 95.6 Å². The van der Waals surface area contributed by atoms with Crippen LogP contribution in [0.3, 0.4) is 0 Å². The van der Waals surface area contributed by atoms with Crippen molar-refractivity contribution in [3.63, 3.8) is 0 Å². The van der Waals surface area contributed by atoms with Crippen LogP contribution in [-0.4, -0.2) is 13.0 Å². The monoisotopic (exact) mass is 391 g/mol. The predicted molar refractivity (Wildman–Crippen MR) is 116 cm³/mol. The van der Waals surface area contributed by atoms with Crippen LogP contribution in [0.2, 0.25) is 0 Å². The van der Waals surface area contributed by atoms with E-state index in [1.54, 1.807) is 18.9 Å². The number of methoxy groups -OCH3 is 1. The van der Waals surface area contributed by atoms with Gasteiger partial charge in [0.2, 0.25) is 0 Å². The van der Waals surface area contributed by atoms with Crippen LogP contribution in [0.1, 0.15) is 40.9 Å². The Morgan fingerprint density at radius 1 is 0.964 bits per heavy atom. The second-order valence-electron chi connectivity index (χ2n) is 6.51. The molecule has 0 unspecified atom stereocenters. The molecule has 1 N–H and O–H groups in total. The number of carbonyl (C=O) groups excluding carboxylic acids is 1. The van der Waals surface area contributed by atoms with Crippen LogP contribution >= 0.6 is 11.8 Å². The van der Waals surface area contributed by atoms with E-state index in [9.17, 15) is 4.79 Å². The average Bonchev–Trinajstić information content (AvgIpc) is 2.77. The molecule has 0 aromatic heterocycles. The topological polar surface area (TPSA) is 38.3 Å². The maximum absolute atomic E-state index is 12.7. The third kappa shape index (κ3) is 5.40. The third-order valence-electron chi connectivity index (χ3n) is 4.60. The van der Waals surface area contributed by atoms with Gasteiger partial charge in [0.25, 0.3) is 5.91 Å². The number of ether oxygens (including phenoxy) is 1. The van der Waals surface area contributed by atoms with Gasteiger partial charge in [-0.2, -0.15) is 0 Å². The number of hydrogen-bond donors (Lipinski definition) is 1. The summed E-state index contributed by atoms with van der Waals surface area (Å²) < 4.78 is 5.20. The molecule has 0 saturated heterocycles. The number of rotatable bonds is 8. The summed E-state index contributed by atoms with van der Waals surface area (Å²) in [5.74, 6) is 1.65. The zero-order chi connectivity index (χ0) is 19.8. The first-order chi connectivity index (χ1) is 13.7. The first-order valence-corrected chi connectivity index (χ1v) is 10.4. The maximum atomic E-state index is 12.7. The summed E-state index contributed by atoms with van der Waals surface area (Å²) in [6.45, 7) is 2.07. The summed E-state index contributed by atoms with van der Waals surface area (Å²) in [5.41, 5.74) is 2.96. The molecule has 3 rings (SSSR count). The van der Waals surface area contributed by atoms with Crippen LogP contribution in [-0.2, 0) is 5.75 Å². The first kappa shape index (κ1) is 20.0. The van der Waals surface area contributed by atoms with Crippen LogP contribution in [0, 0.1) is 0 Å². The first-order valence-electron chi connectivity index (χ1n) is 9.41. The van der Waals surface area contributed by atoms with Crippen molar-refractivity contribution in [1.29, 1.82) is 0 Å². The van der Waals surface area contributed by atoms with Gasteiger partial charge >= 0.3 is 0 Å². The van der Waals surface area contributed by atoms with Crippen molar-refractivity contribution >= 4 is 17.7 Å². The summed E-state index contributed by atoms with van der Waals surface area (Å²) in [6, 6.07) is 26.0. The molecule has 28 heavy (non-hydrogen) atoms. The molecule has 144 valence electrons. The minimum atomic E-state index is -0.0510. The molecule has 0 aliphatic rings. The van der Waals surface area contributed by atoms with Crippen molar-refractivity contribution in [3.8, 4) is 5.75 Å². The quantitative estimate of drug-likeness (QED) is 0.488. The Balaban J connectivity index is 1.59. The fraction of sp³-hybridized carbons (Fsp3) is 0.208. The van der Waals surface area contributed by atoms with Gasteiger partial charge < -0.3 is 10.1 Å². The smallest absolute Gasteiger partial charge is 0.251 e. The summed E-state index contributed by atoms with van der Waals surface area (Å²) in [5, 5.41) is 3.13. The molecule has 0 bridgehead atoms. The molecule has 1 atom stereocenters. The number of carbonyl (C=O) groups is 1. The maximum Gasteiger partial charge on any atom is 0.251 e. The van der Waals surface area contributed by atoms with Crippen molar-refractivity contribution in [1.82, 2.24) is 5.32 Å². The van der Waals surface area contributed by atoms with Gasteiger partial charge in [0.1, 0.15) is 5.75 Å². The molecule has 3 aromatic carbocycles. The van der Waals surface area contributed by atoms with E-state index in [0.717, 1.165) is 23.5 Å². The standard InChI is InChI=1S/C24H25NO2S/c1-3-23(19-13-15-21(27-2)16-14-19)25-24(26)20-11-9-18(10-12-20)17-28-22-7-5-4-6-8-22/h4-16,23H,3,17H2,1-2H3,(H,25,26)/t23-/m1/s1. The van der Waals surface area contributed by atoms with E-state index in [1.807, 2.05) is 66.7 Å². The molecule has 4 heteroatoms. The molecule has 1 amide bonds. The van der Waals surface area contributed by atoms with E-state index in [1.165, 1.54) is 10.5 Å². The number of nitrogens with one attached hydrogen (secondary N) is 1. The highest BCUT2D eigenvalue weighted by Crippen LogP contribution is 2.23. The summed E-state index contributed by atoms with van der Waals surface area (Å²) in [6.07, 6.45) is 0.823. The number of benzene rings is 3. The third-order valence-corrected chi connectivity index (χ3v) is 5.68. The van der Waals surface area contributed by atoms with Crippen molar-refractivity contribution in [2.45, 2.75) is 30.0 Å². The Morgan fingerprint density at radius 3 is 2.25 bits per heavy atom. The minimum Gasteiger partial charge on any atom is -0.497 e. The van der Waals surface area contributed by atoms with E-state index < -0.39 is 0 Å². The van der Waals surface area contributed by atoms with Crippen molar-refractivity contribution in [2.24, 2.45) is 0 Å². The molecule has 3 nitrogen and oxygen atoms in total. The van der Waals surface area contributed by atoms with Gasteiger partial charge in [0.05, 0.1) is 13.2 Å². The van der Waals surface area contributed by atoms with Crippen molar-refractivity contribution in [2.75, 3.05) is 7.11 Å². The van der Waals surface area contributed by atoms with Gasteiger partial charge in [-0.3, -0.25) is 4.79 Å². The second-order valence-corrected chi connectivity index (χ2v) is 7.55. The molecule has 0 spiro atoms. The molecule has 3 aromatic rings. The average molecular weight is 392 g/mol. The zero-order valence-corrected chi connectivity index (χ0v) is 17.0. The van der Waals surface area contributed by atoms with Gasteiger partial charge in [-0.25, -0.2) is 0 Å². The van der Waals surface area contributed by atoms with Crippen molar-refractivity contribution < 1.29 is 9.53 Å². The Bertz CT molecular complexity index is 877. The van der Waals surface area contributed by atoms with Gasteiger partial charge in [0.15, 0.2) is 0 Å². The van der Waals surface area contributed by atoms with Crippen LogP contribution in [0.4, 0.5) is 0 Å². The number of amides is 1. The van der Waals surface area contributed by atoms with Crippen LogP contribution in [0.5, 0.6) is 5.75 Å². The van der Waals surface area contributed by atoms with Crippen LogP contribution in [0.25, 0.3) is 0 Å². The SMILES string of the molecule is CC[C@@H](NC(=O)c1ccc(CSc2ccccc2)cc1)c1ccc(OC)cc1. The highest BCUT2D eigenvalue weighted by atomic mass is 32.2. The van der Waals surface area contributed by atoms with Gasteiger partial charge in [-0.15, -0.1) is 11.8 Å². The normalized spacial score (nSPS) is 11.6. The number of hydrogen-bond acceptors (Lipinski definition) is 3. The molecular formula is C24H25NO2S. The fourth-order valence-corrected chi connectivity index (χ4v) is 3.81. The van der Waals surface area contributed by atoms with Crippen LogP contribution < -0.4 is 10.1 Å². The molecule has 0 radical (unpaired) electrons. The Hall–Kier alpha value is -2.72. The van der Waals surface area contributed by atoms with Crippen LogP contribution in [0.15, 0.2) is 83.8 Å². The lowest BCUT2D eigenvalue weighted by atomic mass is 10.0. The molecule has 0 aliphatic heterocycles. The Morgan fingerprint density at radius 2 is 1.64 bits per heavy atom. The molecular weight excluding hydrogens is 366 g/mol. The zero-order valence-electron chi connectivity index (χ0n) is 16.2. The second kappa shape index (κ2) is 10.00. The molecule has 0 saturated carbocycles. The lowest BCUT2D eigenvalue weighted by molar-refractivity contribution is 0.0935. The van der Waals surface area contributed by atoms with E-state index in [4.69, 9.17) is 4.74 Å². The van der Waals surface area contributed by atoms with Gasteiger partial charge in [-0.05, 0) is 53.9 Å². The van der Waals surface area contributed by atoms with E-state index in [-0.39, 0.29) is 11.9 Å². The lowest BCUT2D eigenvalue weighted by Gasteiger charge is -2.18. The predicted octanol–water partition coefficient (Wildman–Crippen LogP) is 5.87. The van der Waals surface area contributed by atoms with E-state index in [2.05, 4.69) is 24.4 Å². The Kier molecular flexibility index (Phi) is 7.15. The van der Waals surface area contributed by atoms with Gasteiger partial charge in [0, 0.05) is 16.2 Å². The molecule has 0 heterocycles. The Labute approximate surface area is 171 Å². The summed E-state index contributed by atoms with van der Waals surface area (Å²) in [4.78, 5) is 13.9. The van der Waals surface area contributed by atoms with Gasteiger partial charge in [-0.1, -0.05) is 49.4 Å². The largest absolute Gasteiger partial charge is 0.497 e. The highest BCUT2D eigenvalue weighted by molar-refractivity contribution is 7.98. The number of thioether (sulfide) groups is 1. The lowest BCUT2D eigenvalue weighted by Crippen LogP contribution is -2.28. The summed E-state index contributed by atoms with van der Waals surface area (Å²) in [7, 11) is 1.65. The fourth-order valence-electron chi connectivity index (χ4n) is 2.93. The van der Waals surface area contributed by atoms with E-state index in [0.29, 0.717) is 5.56 Å². The molecule has 0 fully saturated rings. The molecule has 0 aliphatic carbocycles. The van der Waals surface area contributed by atoms with E-state index >= 15 is 0 Å². The highest BCUT2D eigenvalue weighted by Gasteiger charge is 2.14. The minimum absolute atomic E-state index is 0.0216.